The van der Waals surface area contributed by atoms with Crippen molar-refractivity contribution in [1.29, 1.82) is 0 Å². The van der Waals surface area contributed by atoms with Gasteiger partial charge in [-0.15, -0.1) is 10.2 Å². The van der Waals surface area contributed by atoms with Crippen LogP contribution in [0, 0.1) is 6.92 Å². The summed E-state index contributed by atoms with van der Waals surface area (Å²) in [4.78, 5) is 0. The first-order chi connectivity index (χ1) is 14.5. The summed E-state index contributed by atoms with van der Waals surface area (Å²) in [6.07, 6.45) is 0.0662. The zero-order valence-electron chi connectivity index (χ0n) is 17.1. The molecule has 2 atom stereocenters. The van der Waals surface area contributed by atoms with Gasteiger partial charge in [0.25, 0.3) is 0 Å². The van der Waals surface area contributed by atoms with Gasteiger partial charge < -0.3 is 15.3 Å². The van der Waals surface area contributed by atoms with Gasteiger partial charge in [0.1, 0.15) is 0 Å². The number of hydrogen-bond donors (Lipinski definition) is 2. The largest absolute Gasteiger partial charge is 0.416 e. The molecule has 4 aromatic rings. The Kier molecular flexibility index (Phi) is 5.74. The normalized spacial score (nSPS) is 13.2. The van der Waals surface area contributed by atoms with E-state index in [4.69, 9.17) is 10.2 Å². The van der Waals surface area contributed by atoms with Crippen LogP contribution >= 0.6 is 0 Å². The van der Waals surface area contributed by atoms with E-state index < -0.39 is 6.10 Å². The van der Waals surface area contributed by atoms with Crippen LogP contribution in [0.1, 0.15) is 18.1 Å². The molecule has 1 heterocycles. The van der Waals surface area contributed by atoms with E-state index in [1.54, 1.807) is 6.92 Å². The van der Waals surface area contributed by atoms with Crippen LogP contribution < -0.4 is 5.73 Å². The molecule has 0 spiro atoms. The molecule has 152 valence electrons. The lowest BCUT2D eigenvalue weighted by Crippen LogP contribution is -2.34. The van der Waals surface area contributed by atoms with Gasteiger partial charge in [0.15, 0.2) is 0 Å². The molecule has 0 saturated heterocycles. The third-order valence-electron chi connectivity index (χ3n) is 5.37. The first kappa shape index (κ1) is 20.0. The molecule has 3 aromatic carbocycles. The van der Waals surface area contributed by atoms with Crippen LogP contribution in [0.25, 0.3) is 34.0 Å². The summed E-state index contributed by atoms with van der Waals surface area (Å²) >= 11 is 0. The van der Waals surface area contributed by atoms with E-state index in [2.05, 4.69) is 35.3 Å². The summed E-state index contributed by atoms with van der Waals surface area (Å²) in [5.74, 6) is 0.973. The molecule has 0 aliphatic rings. The minimum atomic E-state index is -0.543. The highest BCUT2D eigenvalue weighted by molar-refractivity contribution is 5.75. The summed E-state index contributed by atoms with van der Waals surface area (Å²) in [6, 6.07) is 23.9. The first-order valence-electron chi connectivity index (χ1n) is 10.0. The van der Waals surface area contributed by atoms with Crippen molar-refractivity contribution in [3.63, 3.8) is 0 Å². The van der Waals surface area contributed by atoms with Crippen molar-refractivity contribution in [3.8, 4) is 34.0 Å². The predicted octanol–water partition coefficient (Wildman–Crippen LogP) is 4.63. The average Bonchev–Trinajstić information content (AvgIpc) is 3.25. The van der Waals surface area contributed by atoms with E-state index >= 15 is 0 Å². The third kappa shape index (κ3) is 4.17. The van der Waals surface area contributed by atoms with Gasteiger partial charge in [-0.05, 0) is 60.7 Å². The van der Waals surface area contributed by atoms with Crippen LogP contribution in [0.4, 0.5) is 0 Å². The molecule has 0 aliphatic heterocycles. The Balaban J connectivity index is 1.59. The Morgan fingerprint density at radius 1 is 0.833 bits per heavy atom. The van der Waals surface area contributed by atoms with E-state index in [9.17, 15) is 5.11 Å². The molecule has 5 heteroatoms. The molecule has 30 heavy (non-hydrogen) atoms. The van der Waals surface area contributed by atoms with Gasteiger partial charge >= 0.3 is 0 Å². The van der Waals surface area contributed by atoms with Crippen molar-refractivity contribution < 1.29 is 9.52 Å². The van der Waals surface area contributed by atoms with Gasteiger partial charge in [-0.25, -0.2) is 0 Å². The second kappa shape index (κ2) is 8.61. The topological polar surface area (TPSA) is 85.2 Å². The Bertz CT molecular complexity index is 1120. The molecule has 0 amide bonds. The lowest BCUT2D eigenvalue weighted by atomic mass is 9.96. The standard InChI is InChI=1S/C25H25N3O2/c1-16-21(19-7-4-3-5-8-19)9-6-10-22(16)25-28-27-24(30-25)20-13-11-18(12-14-20)15-23(26)17(2)29/h3-14,17,23,29H,15,26H2,1-2H3. The van der Waals surface area contributed by atoms with Crippen LogP contribution in [0.5, 0.6) is 0 Å². The van der Waals surface area contributed by atoms with Crippen molar-refractivity contribution in [3.05, 3.63) is 83.9 Å². The average molecular weight is 399 g/mol. The monoisotopic (exact) mass is 399 g/mol. The molecular weight excluding hydrogens is 374 g/mol. The van der Waals surface area contributed by atoms with E-state index in [-0.39, 0.29) is 6.04 Å². The SMILES string of the molecule is Cc1c(-c2ccccc2)cccc1-c1nnc(-c2ccc(CC(N)C(C)O)cc2)o1. The van der Waals surface area contributed by atoms with Crippen molar-refractivity contribution >= 4 is 0 Å². The molecule has 4 rings (SSSR count). The molecule has 5 nitrogen and oxygen atoms in total. The van der Waals surface area contributed by atoms with Crippen LogP contribution in [-0.2, 0) is 6.42 Å². The number of nitrogens with two attached hydrogens (primary N) is 1. The van der Waals surface area contributed by atoms with E-state index in [1.165, 1.54) is 0 Å². The second-order valence-electron chi connectivity index (χ2n) is 7.56. The third-order valence-corrected chi connectivity index (χ3v) is 5.37. The number of rotatable bonds is 6. The maximum Gasteiger partial charge on any atom is 0.248 e. The zero-order chi connectivity index (χ0) is 21.1. The lowest BCUT2D eigenvalue weighted by Gasteiger charge is -2.14. The summed E-state index contributed by atoms with van der Waals surface area (Å²) in [6.45, 7) is 3.77. The molecular formula is C25H25N3O2. The maximum atomic E-state index is 9.58. The van der Waals surface area contributed by atoms with Gasteiger partial charge in [-0.3, -0.25) is 0 Å². The fraction of sp³-hybridized carbons (Fsp3) is 0.200. The van der Waals surface area contributed by atoms with Gasteiger partial charge in [0, 0.05) is 17.2 Å². The predicted molar refractivity (Wildman–Crippen MR) is 119 cm³/mol. The Labute approximate surface area is 176 Å². The second-order valence-corrected chi connectivity index (χ2v) is 7.56. The summed E-state index contributed by atoms with van der Waals surface area (Å²) in [5.41, 5.74) is 12.2. The van der Waals surface area contributed by atoms with E-state index in [0.29, 0.717) is 18.2 Å². The van der Waals surface area contributed by atoms with Crippen LogP contribution in [0.15, 0.2) is 77.2 Å². The van der Waals surface area contributed by atoms with Crippen molar-refractivity contribution in [1.82, 2.24) is 10.2 Å². The highest BCUT2D eigenvalue weighted by Crippen LogP contribution is 2.32. The first-order valence-corrected chi connectivity index (χ1v) is 10.0. The quantitative estimate of drug-likeness (QED) is 0.494. The highest BCUT2D eigenvalue weighted by atomic mass is 16.4. The van der Waals surface area contributed by atoms with Crippen LogP contribution in [0.3, 0.4) is 0 Å². The maximum absolute atomic E-state index is 9.58. The molecule has 0 radical (unpaired) electrons. The Hall–Kier alpha value is -3.28. The molecule has 1 aromatic heterocycles. The number of aromatic nitrogens is 2. The van der Waals surface area contributed by atoms with Crippen LogP contribution in [-0.4, -0.2) is 27.4 Å². The number of aliphatic hydroxyl groups excluding tert-OH is 1. The lowest BCUT2D eigenvalue weighted by molar-refractivity contribution is 0.163. The van der Waals surface area contributed by atoms with Gasteiger partial charge in [-0.2, -0.15) is 0 Å². The fourth-order valence-corrected chi connectivity index (χ4v) is 3.47. The van der Waals surface area contributed by atoms with Crippen LogP contribution in [0.2, 0.25) is 0 Å². The summed E-state index contributed by atoms with van der Waals surface area (Å²) in [7, 11) is 0. The molecule has 0 bridgehead atoms. The molecule has 2 unspecified atom stereocenters. The number of nitrogens with zero attached hydrogens (tertiary/aromatic N) is 2. The molecule has 0 aliphatic carbocycles. The molecule has 0 saturated carbocycles. The summed E-state index contributed by atoms with van der Waals surface area (Å²) < 4.78 is 6.00. The van der Waals surface area contributed by atoms with Crippen molar-refractivity contribution in [2.24, 2.45) is 5.73 Å². The van der Waals surface area contributed by atoms with E-state index in [0.717, 1.165) is 33.4 Å². The van der Waals surface area contributed by atoms with Crippen molar-refractivity contribution in [2.75, 3.05) is 0 Å². The Morgan fingerprint density at radius 2 is 1.50 bits per heavy atom. The van der Waals surface area contributed by atoms with E-state index in [1.807, 2.05) is 54.6 Å². The zero-order valence-corrected chi connectivity index (χ0v) is 17.1. The van der Waals surface area contributed by atoms with Crippen molar-refractivity contribution in [2.45, 2.75) is 32.4 Å². The van der Waals surface area contributed by atoms with Gasteiger partial charge in [0.05, 0.1) is 6.10 Å². The van der Waals surface area contributed by atoms with Gasteiger partial charge in [-0.1, -0.05) is 54.6 Å². The minimum Gasteiger partial charge on any atom is -0.416 e. The summed E-state index contributed by atoms with van der Waals surface area (Å²) in [5, 5.41) is 18.1. The highest BCUT2D eigenvalue weighted by Gasteiger charge is 2.15. The number of aliphatic hydroxyl groups is 1. The number of hydrogen-bond acceptors (Lipinski definition) is 5. The molecule has 3 N–H and O–H groups in total. The number of benzene rings is 3. The Morgan fingerprint density at radius 3 is 2.20 bits per heavy atom. The smallest absolute Gasteiger partial charge is 0.248 e. The fourth-order valence-electron chi connectivity index (χ4n) is 3.47. The van der Waals surface area contributed by atoms with Gasteiger partial charge in [0.2, 0.25) is 11.8 Å². The molecule has 0 fully saturated rings. The minimum absolute atomic E-state index is 0.286.